The van der Waals surface area contributed by atoms with Gasteiger partial charge in [-0.3, -0.25) is 19.2 Å². The van der Waals surface area contributed by atoms with Crippen molar-refractivity contribution in [2.24, 2.45) is 39.4 Å². The summed E-state index contributed by atoms with van der Waals surface area (Å²) < 4.78 is 32.6. The molecule has 13 heteroatoms. The third-order valence-corrected chi connectivity index (χ3v) is 13.6. The Morgan fingerprint density at radius 2 is 1.31 bits per heavy atom. The molecule has 0 aromatic rings. The molecule has 4 rings (SSSR count). The molecule has 0 aliphatic heterocycles. The third kappa shape index (κ3) is 8.85. The lowest BCUT2D eigenvalue weighted by Crippen LogP contribution is -2.66. The van der Waals surface area contributed by atoms with E-state index >= 15 is 0 Å². The molecule has 4 aliphatic rings. The van der Waals surface area contributed by atoms with E-state index in [4.69, 9.17) is 28.4 Å². The molecule has 0 spiro atoms. The number of allylic oxidation sites excluding steroid dienone is 1. The lowest BCUT2D eigenvalue weighted by molar-refractivity contribution is -0.219. The smallest absolute Gasteiger partial charge is 0.345 e. The van der Waals surface area contributed by atoms with Crippen LogP contribution in [-0.4, -0.2) is 79.7 Å². The van der Waals surface area contributed by atoms with Crippen LogP contribution in [0.25, 0.3) is 0 Å². The predicted molar refractivity (Wildman–Crippen MR) is 198 cm³/mol. The molecule has 306 valence electrons. The van der Waals surface area contributed by atoms with Gasteiger partial charge in [0.2, 0.25) is 0 Å². The summed E-state index contributed by atoms with van der Waals surface area (Å²) in [5, 5.41) is 0. The molecule has 0 amide bonds. The standard InChI is InChI=1S/C42H60O13/c1-23(2)37(55-36(49)22-52-27(6)45)30(53-34(47)20-50-25(4)43)18-24(3)28-12-16-41(10)29(28)19-31(54-35(48)21-51-26(5)44)38-40(9)15-14-33(46)39(7,8)32(40)13-17-42(38,41)11/h24,30-32,37-38H,1,12-22H2,2-11H3/t24-,30+,31+,32+,37+,38+,40+,41+,42+/m1/s1. The zero-order valence-corrected chi connectivity index (χ0v) is 34.3. The summed E-state index contributed by atoms with van der Waals surface area (Å²) in [6.45, 7) is 20.4. The van der Waals surface area contributed by atoms with E-state index in [0.717, 1.165) is 38.2 Å². The fourth-order valence-corrected chi connectivity index (χ4v) is 11.0. The Kier molecular flexibility index (Phi) is 13.2. The van der Waals surface area contributed by atoms with Gasteiger partial charge in [0.15, 0.2) is 25.9 Å². The monoisotopic (exact) mass is 772 g/mol. The molecular formula is C42H60O13. The van der Waals surface area contributed by atoms with Crippen molar-refractivity contribution in [3.05, 3.63) is 23.3 Å². The quantitative estimate of drug-likeness (QED) is 0.115. The van der Waals surface area contributed by atoms with E-state index in [0.29, 0.717) is 24.8 Å². The molecule has 3 fully saturated rings. The van der Waals surface area contributed by atoms with Crippen LogP contribution in [0.3, 0.4) is 0 Å². The average Bonchev–Trinajstić information content (AvgIpc) is 3.43. The molecule has 13 nitrogen and oxygen atoms in total. The first-order valence-corrected chi connectivity index (χ1v) is 19.4. The molecule has 0 aromatic carbocycles. The Balaban J connectivity index is 1.75. The van der Waals surface area contributed by atoms with Gasteiger partial charge in [-0.2, -0.15) is 0 Å². The van der Waals surface area contributed by atoms with Gasteiger partial charge in [-0.15, -0.1) is 0 Å². The molecule has 0 aromatic heterocycles. The van der Waals surface area contributed by atoms with Crippen molar-refractivity contribution in [3.8, 4) is 0 Å². The minimum absolute atomic E-state index is 0.0878. The van der Waals surface area contributed by atoms with Crippen LogP contribution in [0.1, 0.15) is 121 Å². The number of rotatable bonds is 14. The van der Waals surface area contributed by atoms with E-state index in [9.17, 15) is 33.6 Å². The van der Waals surface area contributed by atoms with E-state index in [1.54, 1.807) is 6.92 Å². The summed E-state index contributed by atoms with van der Waals surface area (Å²) in [5.74, 6) is -4.20. The number of ketones is 1. The summed E-state index contributed by atoms with van der Waals surface area (Å²) in [6.07, 6.45) is 2.31. The third-order valence-electron chi connectivity index (χ3n) is 13.6. The van der Waals surface area contributed by atoms with Crippen molar-refractivity contribution >= 4 is 41.6 Å². The highest BCUT2D eigenvalue weighted by Crippen LogP contribution is 2.74. The minimum Gasteiger partial charge on any atom is -0.459 e. The van der Waals surface area contributed by atoms with E-state index in [1.807, 2.05) is 20.8 Å². The van der Waals surface area contributed by atoms with Crippen LogP contribution in [0.4, 0.5) is 0 Å². The maximum atomic E-state index is 13.4. The number of Topliss-reactive ketones (excluding diaryl/α,β-unsaturated/α-hetero) is 1. The summed E-state index contributed by atoms with van der Waals surface area (Å²) in [6, 6.07) is 0. The average molecular weight is 773 g/mol. The van der Waals surface area contributed by atoms with E-state index in [1.165, 1.54) is 19.4 Å². The van der Waals surface area contributed by atoms with E-state index in [-0.39, 0.29) is 46.2 Å². The van der Waals surface area contributed by atoms with Gasteiger partial charge in [-0.25, -0.2) is 14.4 Å². The van der Waals surface area contributed by atoms with Gasteiger partial charge in [0.25, 0.3) is 0 Å². The van der Waals surface area contributed by atoms with Crippen LogP contribution in [0, 0.1) is 39.4 Å². The summed E-state index contributed by atoms with van der Waals surface area (Å²) in [5.41, 5.74) is 1.20. The number of hydrogen-bond donors (Lipinski definition) is 0. The number of esters is 6. The first kappa shape index (κ1) is 43.7. The van der Waals surface area contributed by atoms with Gasteiger partial charge in [0.1, 0.15) is 18.0 Å². The summed E-state index contributed by atoms with van der Waals surface area (Å²) >= 11 is 0. The van der Waals surface area contributed by atoms with Crippen LogP contribution in [0.2, 0.25) is 0 Å². The van der Waals surface area contributed by atoms with Gasteiger partial charge >= 0.3 is 35.8 Å². The Labute approximate surface area is 324 Å². The molecule has 0 radical (unpaired) electrons. The molecule has 0 unspecified atom stereocenters. The van der Waals surface area contributed by atoms with Crippen LogP contribution >= 0.6 is 0 Å². The van der Waals surface area contributed by atoms with Crippen molar-refractivity contribution in [1.82, 2.24) is 0 Å². The number of ether oxygens (including phenoxy) is 6. The van der Waals surface area contributed by atoms with Crippen LogP contribution in [0.15, 0.2) is 23.3 Å². The van der Waals surface area contributed by atoms with E-state index in [2.05, 4.69) is 27.4 Å². The maximum absolute atomic E-state index is 13.4. The van der Waals surface area contributed by atoms with Gasteiger partial charge < -0.3 is 28.4 Å². The maximum Gasteiger partial charge on any atom is 0.345 e. The molecular weight excluding hydrogens is 712 g/mol. The minimum atomic E-state index is -1.11. The van der Waals surface area contributed by atoms with Crippen molar-refractivity contribution in [3.63, 3.8) is 0 Å². The van der Waals surface area contributed by atoms with Crippen LogP contribution in [-0.2, 0) is 62.0 Å². The number of carbonyl (C=O) groups excluding carboxylic acids is 7. The molecule has 0 bridgehead atoms. The largest absolute Gasteiger partial charge is 0.459 e. The van der Waals surface area contributed by atoms with Crippen molar-refractivity contribution in [1.29, 1.82) is 0 Å². The number of fused-ring (bicyclic) bond motifs is 5. The Morgan fingerprint density at radius 1 is 0.764 bits per heavy atom. The first-order chi connectivity index (χ1) is 25.5. The summed E-state index contributed by atoms with van der Waals surface area (Å²) in [7, 11) is 0. The fraction of sp³-hybridized carbons (Fsp3) is 0.738. The van der Waals surface area contributed by atoms with E-state index < -0.39 is 79.4 Å². The molecule has 3 saturated carbocycles. The van der Waals surface area contributed by atoms with Crippen molar-refractivity contribution in [2.75, 3.05) is 19.8 Å². The highest BCUT2D eigenvalue weighted by molar-refractivity contribution is 5.85. The second kappa shape index (κ2) is 16.6. The highest BCUT2D eigenvalue weighted by atomic mass is 16.6. The topological polar surface area (TPSA) is 175 Å². The lowest BCUT2D eigenvalue weighted by Gasteiger charge is -2.69. The van der Waals surface area contributed by atoms with Gasteiger partial charge in [-0.1, -0.05) is 59.3 Å². The molecule has 9 atom stereocenters. The lowest BCUT2D eigenvalue weighted by atomic mass is 9.36. The van der Waals surface area contributed by atoms with Gasteiger partial charge in [0.05, 0.1) is 0 Å². The van der Waals surface area contributed by atoms with Crippen molar-refractivity contribution < 1.29 is 62.0 Å². The summed E-state index contributed by atoms with van der Waals surface area (Å²) in [4.78, 5) is 86.8. The second-order valence-corrected chi connectivity index (χ2v) is 17.5. The highest BCUT2D eigenvalue weighted by Gasteiger charge is 2.70. The molecule has 0 N–H and O–H groups in total. The molecule has 4 aliphatic carbocycles. The van der Waals surface area contributed by atoms with Gasteiger partial charge in [-0.05, 0) is 79.1 Å². The molecule has 55 heavy (non-hydrogen) atoms. The number of carbonyl (C=O) groups is 7. The van der Waals surface area contributed by atoms with Crippen LogP contribution < -0.4 is 0 Å². The Hall–Kier alpha value is -4.03. The van der Waals surface area contributed by atoms with Crippen molar-refractivity contribution in [2.45, 2.75) is 139 Å². The van der Waals surface area contributed by atoms with Gasteiger partial charge in [0, 0.05) is 44.9 Å². The Bertz CT molecular complexity index is 1620. The molecule has 0 saturated heterocycles. The molecule has 0 heterocycles. The van der Waals surface area contributed by atoms with Crippen LogP contribution in [0.5, 0.6) is 0 Å². The normalized spacial score (nSPS) is 30.9. The zero-order chi connectivity index (χ0) is 41.3. The zero-order valence-electron chi connectivity index (χ0n) is 34.3. The fourth-order valence-electron chi connectivity index (χ4n) is 11.0. The first-order valence-electron chi connectivity index (χ1n) is 19.4. The predicted octanol–water partition coefficient (Wildman–Crippen LogP) is 5.94. The number of hydrogen-bond acceptors (Lipinski definition) is 13. The Morgan fingerprint density at radius 3 is 1.85 bits per heavy atom. The second-order valence-electron chi connectivity index (χ2n) is 17.5. The SMILES string of the molecule is C=C(C)[C@H](OC(=O)COC(C)=O)[C@H](C[C@@H](C)C1=C2C[C@H](OC(=O)COC(C)=O)[C@H]3[C@@]4(C)CCC(=O)C(C)(C)[C@@H]4CC[C@]3(C)[C@@]2(C)CC1)OC(=O)COC(C)=O.